The number of aliphatic carboxylic acids is 1. The van der Waals surface area contributed by atoms with Gasteiger partial charge in [-0.2, -0.15) is 0 Å². The largest absolute Gasteiger partial charge is 0.481 e. The zero-order chi connectivity index (χ0) is 13.7. The second-order valence-corrected chi connectivity index (χ2v) is 6.74. The highest BCUT2D eigenvalue weighted by Gasteiger charge is 2.39. The minimum Gasteiger partial charge on any atom is -0.481 e. The van der Waals surface area contributed by atoms with Gasteiger partial charge in [0.25, 0.3) is 0 Å². The average Bonchev–Trinajstić information content (AvgIpc) is 3.10. The summed E-state index contributed by atoms with van der Waals surface area (Å²) in [6.07, 6.45) is 7.56. The summed E-state index contributed by atoms with van der Waals surface area (Å²) in [5.41, 5.74) is 2.47. The van der Waals surface area contributed by atoms with E-state index in [1.165, 1.54) is 16.1 Å². The van der Waals surface area contributed by atoms with Crippen molar-refractivity contribution in [3.8, 4) is 11.3 Å². The Bertz CT molecular complexity index is 620. The van der Waals surface area contributed by atoms with Crippen LogP contribution in [0.1, 0.15) is 36.6 Å². The number of rotatable bonds is 2. The van der Waals surface area contributed by atoms with E-state index in [-0.39, 0.29) is 5.92 Å². The molecule has 3 heterocycles. The van der Waals surface area contributed by atoms with Crippen LogP contribution in [0.4, 0.5) is 0 Å². The number of thiophene rings is 1. The van der Waals surface area contributed by atoms with Crippen LogP contribution in [0.25, 0.3) is 11.3 Å². The van der Waals surface area contributed by atoms with Crippen molar-refractivity contribution in [2.75, 3.05) is 0 Å². The number of carbonyl (C=O) groups is 1. The van der Waals surface area contributed by atoms with Crippen molar-refractivity contribution < 1.29 is 9.90 Å². The zero-order valence-electron chi connectivity index (χ0n) is 11.0. The van der Waals surface area contributed by atoms with Gasteiger partial charge in [-0.25, -0.2) is 4.98 Å². The number of hydrogen-bond donors (Lipinski definition) is 1. The average molecular weight is 288 g/mol. The van der Waals surface area contributed by atoms with Crippen LogP contribution in [0.3, 0.4) is 0 Å². The van der Waals surface area contributed by atoms with Gasteiger partial charge in [0.1, 0.15) is 0 Å². The number of nitrogens with zero attached hydrogens (tertiary/aromatic N) is 2. The quantitative estimate of drug-likeness (QED) is 0.921. The highest BCUT2D eigenvalue weighted by Crippen LogP contribution is 2.49. The first-order chi connectivity index (χ1) is 9.75. The molecule has 0 bridgehead atoms. The second-order valence-electron chi connectivity index (χ2n) is 5.79. The molecular weight excluding hydrogens is 272 g/mol. The lowest BCUT2D eigenvalue weighted by atomic mass is 9.77. The standard InChI is InChI=1S/C15H16N2O2S/c18-15(19)10-3-1-2-9(6-10)13-14-11(4-5-20-14)12-7-16-8-17(12)13/h4-5,7-10,13H,1-3,6H2,(H,18,19)/t9?,10-,13-/m0/s1. The fourth-order valence-corrected chi connectivity index (χ4v) is 4.90. The van der Waals surface area contributed by atoms with Crippen LogP contribution in [0, 0.1) is 11.8 Å². The molecule has 1 N–H and O–H groups in total. The van der Waals surface area contributed by atoms with E-state index in [4.69, 9.17) is 0 Å². The molecule has 1 aliphatic heterocycles. The lowest BCUT2D eigenvalue weighted by Gasteiger charge is -2.31. The molecule has 1 saturated carbocycles. The van der Waals surface area contributed by atoms with Crippen molar-refractivity contribution >= 4 is 17.3 Å². The summed E-state index contributed by atoms with van der Waals surface area (Å²) < 4.78 is 2.25. The molecule has 1 aliphatic carbocycles. The van der Waals surface area contributed by atoms with Gasteiger partial charge in [-0.05, 0) is 36.6 Å². The Labute approximate surface area is 121 Å². The van der Waals surface area contributed by atoms with E-state index in [1.54, 1.807) is 11.3 Å². The van der Waals surface area contributed by atoms with Crippen LogP contribution in [-0.2, 0) is 4.79 Å². The molecule has 2 aliphatic rings. The first-order valence-corrected chi connectivity index (χ1v) is 7.96. The summed E-state index contributed by atoms with van der Waals surface area (Å²) in [6.45, 7) is 0. The third-order valence-corrected chi connectivity index (χ3v) is 5.70. The van der Waals surface area contributed by atoms with Gasteiger partial charge in [-0.3, -0.25) is 4.79 Å². The van der Waals surface area contributed by atoms with Crippen molar-refractivity contribution in [2.24, 2.45) is 11.8 Å². The van der Waals surface area contributed by atoms with Gasteiger partial charge >= 0.3 is 5.97 Å². The monoisotopic (exact) mass is 288 g/mol. The van der Waals surface area contributed by atoms with Crippen molar-refractivity contribution in [2.45, 2.75) is 31.7 Å². The van der Waals surface area contributed by atoms with Crippen LogP contribution < -0.4 is 0 Å². The molecule has 0 amide bonds. The Balaban J connectivity index is 1.71. The third-order valence-electron chi connectivity index (χ3n) is 4.72. The van der Waals surface area contributed by atoms with Gasteiger partial charge < -0.3 is 9.67 Å². The minimum atomic E-state index is -0.634. The summed E-state index contributed by atoms with van der Waals surface area (Å²) in [5, 5.41) is 11.4. The van der Waals surface area contributed by atoms with E-state index in [9.17, 15) is 9.90 Å². The van der Waals surface area contributed by atoms with Crippen LogP contribution in [0.15, 0.2) is 24.0 Å². The maximum Gasteiger partial charge on any atom is 0.306 e. The predicted octanol–water partition coefficient (Wildman–Crippen LogP) is 3.41. The van der Waals surface area contributed by atoms with Gasteiger partial charge in [0.05, 0.1) is 30.2 Å². The van der Waals surface area contributed by atoms with Crippen molar-refractivity contribution in [1.82, 2.24) is 9.55 Å². The smallest absolute Gasteiger partial charge is 0.306 e. The molecule has 4 rings (SSSR count). The van der Waals surface area contributed by atoms with Crippen molar-refractivity contribution in [3.63, 3.8) is 0 Å². The first-order valence-electron chi connectivity index (χ1n) is 7.08. The van der Waals surface area contributed by atoms with Crippen LogP contribution >= 0.6 is 11.3 Å². The Morgan fingerprint density at radius 1 is 1.45 bits per heavy atom. The van der Waals surface area contributed by atoms with Gasteiger partial charge in [0, 0.05) is 10.4 Å². The fraction of sp³-hybridized carbons (Fsp3) is 0.467. The highest BCUT2D eigenvalue weighted by atomic mass is 32.1. The molecule has 3 atom stereocenters. The first kappa shape index (κ1) is 12.1. The van der Waals surface area contributed by atoms with Gasteiger partial charge in [-0.15, -0.1) is 11.3 Å². The zero-order valence-corrected chi connectivity index (χ0v) is 11.8. The van der Waals surface area contributed by atoms with E-state index in [1.807, 2.05) is 12.5 Å². The van der Waals surface area contributed by atoms with Gasteiger partial charge in [0.2, 0.25) is 0 Å². The van der Waals surface area contributed by atoms with Crippen LogP contribution in [-0.4, -0.2) is 20.6 Å². The number of hydrogen-bond acceptors (Lipinski definition) is 3. The molecule has 2 aromatic heterocycles. The SMILES string of the molecule is O=C(O)[C@H]1CCCC([C@H]2c3sccc3-c3cncn32)C1. The summed E-state index contributed by atoms with van der Waals surface area (Å²) in [4.78, 5) is 16.9. The molecule has 4 nitrogen and oxygen atoms in total. The van der Waals surface area contributed by atoms with E-state index in [0.717, 1.165) is 25.7 Å². The number of imidazole rings is 1. The Morgan fingerprint density at radius 2 is 2.35 bits per heavy atom. The Hall–Kier alpha value is -1.62. The molecule has 0 spiro atoms. The van der Waals surface area contributed by atoms with Crippen molar-refractivity contribution in [3.05, 3.63) is 28.8 Å². The molecule has 0 radical (unpaired) electrons. The maximum atomic E-state index is 11.3. The molecule has 0 aromatic carbocycles. The Morgan fingerprint density at radius 3 is 3.20 bits per heavy atom. The molecule has 5 heteroatoms. The van der Waals surface area contributed by atoms with E-state index in [0.29, 0.717) is 12.0 Å². The lowest BCUT2D eigenvalue weighted by Crippen LogP contribution is -2.27. The molecule has 20 heavy (non-hydrogen) atoms. The molecule has 2 aromatic rings. The topological polar surface area (TPSA) is 55.1 Å². The second kappa shape index (κ2) is 4.45. The maximum absolute atomic E-state index is 11.3. The predicted molar refractivity (Wildman–Crippen MR) is 76.8 cm³/mol. The molecule has 104 valence electrons. The van der Waals surface area contributed by atoms with Crippen LogP contribution in [0.5, 0.6) is 0 Å². The molecule has 1 fully saturated rings. The number of carboxylic acid groups (broad SMARTS) is 1. The third kappa shape index (κ3) is 1.66. The normalized spacial score (nSPS) is 28.1. The van der Waals surface area contributed by atoms with Gasteiger partial charge in [0.15, 0.2) is 0 Å². The van der Waals surface area contributed by atoms with E-state index >= 15 is 0 Å². The summed E-state index contributed by atoms with van der Waals surface area (Å²) >= 11 is 1.79. The van der Waals surface area contributed by atoms with Crippen LogP contribution in [0.2, 0.25) is 0 Å². The molecule has 1 unspecified atom stereocenters. The Kier molecular flexibility index (Phi) is 2.70. The lowest BCUT2D eigenvalue weighted by molar-refractivity contribution is -0.143. The minimum absolute atomic E-state index is 0.176. The number of carboxylic acids is 1. The highest BCUT2D eigenvalue weighted by molar-refractivity contribution is 7.10. The van der Waals surface area contributed by atoms with Crippen molar-refractivity contribution in [1.29, 1.82) is 0 Å². The number of fused-ring (bicyclic) bond motifs is 3. The van der Waals surface area contributed by atoms with Gasteiger partial charge in [-0.1, -0.05) is 6.42 Å². The van der Waals surface area contributed by atoms with E-state index in [2.05, 4.69) is 21.0 Å². The number of aromatic nitrogens is 2. The molecule has 0 saturated heterocycles. The summed E-state index contributed by atoms with van der Waals surface area (Å²) in [7, 11) is 0. The molecular formula is C15H16N2O2S. The fourth-order valence-electron chi connectivity index (χ4n) is 3.80. The van der Waals surface area contributed by atoms with E-state index < -0.39 is 5.97 Å². The summed E-state index contributed by atoms with van der Waals surface area (Å²) in [6, 6.07) is 2.45. The summed E-state index contributed by atoms with van der Waals surface area (Å²) in [5.74, 6) is -0.396.